The molecule has 0 saturated heterocycles. The molecular formula is C20H18N2O4S. The van der Waals surface area contributed by atoms with E-state index in [1.165, 1.54) is 11.3 Å². The number of thiophene rings is 1. The zero-order chi connectivity index (χ0) is 19.0. The Morgan fingerprint density at radius 1 is 0.963 bits per heavy atom. The number of carbonyl (C=O) groups excluding carboxylic acids is 2. The van der Waals surface area contributed by atoms with Crippen molar-refractivity contribution in [1.29, 1.82) is 0 Å². The maximum Gasteiger partial charge on any atom is 0.307 e. The number of anilines is 2. The van der Waals surface area contributed by atoms with E-state index in [-0.39, 0.29) is 23.7 Å². The maximum absolute atomic E-state index is 12.7. The Bertz CT molecular complexity index is 922. The number of hydrogen-bond acceptors (Lipinski definition) is 4. The normalized spacial score (nSPS) is 25.3. The first-order valence-electron chi connectivity index (χ1n) is 8.70. The highest BCUT2D eigenvalue weighted by atomic mass is 32.1. The Morgan fingerprint density at radius 3 is 2.33 bits per heavy atom. The number of carboxylic acid groups (broad SMARTS) is 1. The van der Waals surface area contributed by atoms with E-state index in [0.717, 1.165) is 0 Å². The van der Waals surface area contributed by atoms with Gasteiger partial charge in [0.15, 0.2) is 0 Å². The number of rotatable bonds is 5. The molecule has 1 heterocycles. The molecule has 0 radical (unpaired) electrons. The summed E-state index contributed by atoms with van der Waals surface area (Å²) in [6.07, 6.45) is 4.58. The van der Waals surface area contributed by atoms with E-state index in [1.54, 1.807) is 36.4 Å². The number of amides is 2. The minimum absolute atomic E-state index is 0.0298. The third-order valence-corrected chi connectivity index (χ3v) is 6.05. The molecule has 0 spiro atoms. The molecule has 0 aliphatic heterocycles. The molecule has 3 N–H and O–H groups in total. The molecule has 2 amide bonds. The van der Waals surface area contributed by atoms with Crippen LogP contribution in [0.5, 0.6) is 0 Å². The summed E-state index contributed by atoms with van der Waals surface area (Å²) in [5, 5.41) is 16.9. The Morgan fingerprint density at radius 2 is 1.67 bits per heavy atom. The van der Waals surface area contributed by atoms with Gasteiger partial charge in [0.25, 0.3) is 5.91 Å². The van der Waals surface area contributed by atoms with E-state index >= 15 is 0 Å². The molecule has 6 nitrogen and oxygen atoms in total. The van der Waals surface area contributed by atoms with E-state index in [9.17, 15) is 19.5 Å². The highest BCUT2D eigenvalue weighted by Gasteiger charge is 2.51. The Hall–Kier alpha value is -2.93. The molecule has 2 aliphatic carbocycles. The fourth-order valence-electron chi connectivity index (χ4n) is 4.02. The number of carboxylic acids is 1. The van der Waals surface area contributed by atoms with Crippen LogP contribution in [0.2, 0.25) is 0 Å². The van der Waals surface area contributed by atoms with Crippen LogP contribution in [0.3, 0.4) is 0 Å². The molecular weight excluding hydrogens is 364 g/mol. The molecule has 4 rings (SSSR count). The zero-order valence-electron chi connectivity index (χ0n) is 14.3. The van der Waals surface area contributed by atoms with Gasteiger partial charge in [-0.3, -0.25) is 14.4 Å². The van der Waals surface area contributed by atoms with Crippen molar-refractivity contribution in [2.75, 3.05) is 10.6 Å². The van der Waals surface area contributed by atoms with Crippen LogP contribution >= 0.6 is 11.3 Å². The average molecular weight is 382 g/mol. The standard InChI is InChI=1S/C20H18N2O4S/c23-18(15-5-2-8-27-15)21-13-3-1-4-14(10-13)22-19(24)16-11-6-7-12(9-11)17(16)20(25)26/h1-8,10-12,16-17H,9H2,(H,21,23)(H,22,24)(H,25,26). The van der Waals surface area contributed by atoms with Crippen LogP contribution in [0.15, 0.2) is 53.9 Å². The van der Waals surface area contributed by atoms with E-state index in [2.05, 4.69) is 10.6 Å². The molecule has 138 valence electrons. The minimum atomic E-state index is -0.927. The van der Waals surface area contributed by atoms with Gasteiger partial charge >= 0.3 is 5.97 Å². The van der Waals surface area contributed by atoms with Crippen LogP contribution in [0, 0.1) is 23.7 Å². The van der Waals surface area contributed by atoms with Crippen LogP contribution in [-0.4, -0.2) is 22.9 Å². The lowest BCUT2D eigenvalue weighted by Gasteiger charge is -2.24. The average Bonchev–Trinajstić information content (AvgIpc) is 3.38. The van der Waals surface area contributed by atoms with Crippen LogP contribution in [0.1, 0.15) is 16.1 Å². The first kappa shape index (κ1) is 17.5. The van der Waals surface area contributed by atoms with Gasteiger partial charge in [-0.15, -0.1) is 11.3 Å². The van der Waals surface area contributed by atoms with Crippen molar-refractivity contribution in [3.8, 4) is 0 Å². The molecule has 1 aromatic carbocycles. The first-order chi connectivity index (χ1) is 13.0. The molecule has 2 bridgehead atoms. The smallest absolute Gasteiger partial charge is 0.307 e. The van der Waals surface area contributed by atoms with Gasteiger partial charge < -0.3 is 15.7 Å². The van der Waals surface area contributed by atoms with Crippen LogP contribution < -0.4 is 10.6 Å². The zero-order valence-corrected chi connectivity index (χ0v) is 15.1. The summed E-state index contributed by atoms with van der Waals surface area (Å²) in [5.74, 6) is -2.77. The van der Waals surface area contributed by atoms with Gasteiger partial charge in [-0.1, -0.05) is 24.3 Å². The first-order valence-corrected chi connectivity index (χ1v) is 9.58. The summed E-state index contributed by atoms with van der Waals surface area (Å²) >= 11 is 1.35. The molecule has 7 heteroatoms. The van der Waals surface area contributed by atoms with Crippen molar-refractivity contribution in [1.82, 2.24) is 0 Å². The quantitative estimate of drug-likeness (QED) is 0.690. The van der Waals surface area contributed by atoms with Crippen molar-refractivity contribution < 1.29 is 19.5 Å². The van der Waals surface area contributed by atoms with E-state index in [1.807, 2.05) is 17.5 Å². The van der Waals surface area contributed by atoms with Crippen molar-refractivity contribution in [2.45, 2.75) is 6.42 Å². The summed E-state index contributed by atoms with van der Waals surface area (Å²) < 4.78 is 0. The second-order valence-corrected chi connectivity index (χ2v) is 7.79. The second-order valence-electron chi connectivity index (χ2n) is 6.84. The maximum atomic E-state index is 12.7. The lowest BCUT2D eigenvalue weighted by atomic mass is 9.82. The molecule has 2 aliphatic rings. The largest absolute Gasteiger partial charge is 0.481 e. The summed E-state index contributed by atoms with van der Waals surface area (Å²) in [5.41, 5.74) is 1.09. The van der Waals surface area contributed by atoms with Crippen molar-refractivity contribution >= 4 is 40.5 Å². The van der Waals surface area contributed by atoms with Crippen LogP contribution in [0.25, 0.3) is 0 Å². The van der Waals surface area contributed by atoms with Gasteiger partial charge in [0.1, 0.15) is 0 Å². The predicted molar refractivity (Wildman–Crippen MR) is 103 cm³/mol. The van der Waals surface area contributed by atoms with Gasteiger partial charge in [0.05, 0.1) is 16.7 Å². The van der Waals surface area contributed by atoms with Crippen molar-refractivity contribution in [3.63, 3.8) is 0 Å². The Labute approximate surface area is 159 Å². The second kappa shape index (κ2) is 7.00. The monoisotopic (exact) mass is 382 g/mol. The predicted octanol–water partition coefficient (Wildman–Crippen LogP) is 3.46. The van der Waals surface area contributed by atoms with Crippen molar-refractivity contribution in [3.05, 3.63) is 58.8 Å². The van der Waals surface area contributed by atoms with Crippen LogP contribution in [-0.2, 0) is 9.59 Å². The Balaban J connectivity index is 1.47. The van der Waals surface area contributed by atoms with E-state index in [4.69, 9.17) is 0 Å². The lowest BCUT2D eigenvalue weighted by molar-refractivity contribution is -0.146. The molecule has 4 atom stereocenters. The van der Waals surface area contributed by atoms with Gasteiger partial charge in [0, 0.05) is 11.4 Å². The van der Waals surface area contributed by atoms with Crippen LogP contribution in [0.4, 0.5) is 11.4 Å². The number of aliphatic carboxylic acids is 1. The third kappa shape index (κ3) is 3.38. The number of allylic oxidation sites excluding steroid dienone is 2. The minimum Gasteiger partial charge on any atom is -0.481 e. The van der Waals surface area contributed by atoms with Gasteiger partial charge in [-0.05, 0) is 47.9 Å². The third-order valence-electron chi connectivity index (χ3n) is 5.18. The fourth-order valence-corrected chi connectivity index (χ4v) is 4.64. The summed E-state index contributed by atoms with van der Waals surface area (Å²) in [4.78, 5) is 37.1. The topological polar surface area (TPSA) is 95.5 Å². The molecule has 1 fully saturated rings. The molecule has 2 aromatic rings. The van der Waals surface area contributed by atoms with E-state index in [0.29, 0.717) is 22.7 Å². The highest BCUT2D eigenvalue weighted by Crippen LogP contribution is 2.48. The summed E-state index contributed by atoms with van der Waals surface area (Å²) in [7, 11) is 0. The number of nitrogens with one attached hydrogen (secondary N) is 2. The number of hydrogen-bond donors (Lipinski definition) is 3. The van der Waals surface area contributed by atoms with Crippen molar-refractivity contribution in [2.24, 2.45) is 23.7 Å². The number of carbonyl (C=O) groups is 3. The van der Waals surface area contributed by atoms with Gasteiger partial charge in [-0.2, -0.15) is 0 Å². The van der Waals surface area contributed by atoms with E-state index < -0.39 is 17.8 Å². The SMILES string of the molecule is O=C(Nc1cccc(NC(=O)C2C3C=CC(C3)C2C(=O)O)c1)c1cccs1. The van der Waals surface area contributed by atoms with Gasteiger partial charge in [-0.25, -0.2) is 0 Å². The number of benzene rings is 1. The Kier molecular flexibility index (Phi) is 4.53. The summed E-state index contributed by atoms with van der Waals surface area (Å²) in [6, 6.07) is 10.4. The lowest BCUT2D eigenvalue weighted by Crippen LogP contribution is -2.36. The molecule has 1 aromatic heterocycles. The van der Waals surface area contributed by atoms with Gasteiger partial charge in [0.2, 0.25) is 5.91 Å². The molecule has 4 unspecified atom stereocenters. The number of fused-ring (bicyclic) bond motifs is 2. The fraction of sp³-hybridized carbons (Fsp3) is 0.250. The highest BCUT2D eigenvalue weighted by molar-refractivity contribution is 7.12. The molecule has 27 heavy (non-hydrogen) atoms. The summed E-state index contributed by atoms with van der Waals surface area (Å²) in [6.45, 7) is 0. The molecule has 1 saturated carbocycles.